The van der Waals surface area contributed by atoms with Gasteiger partial charge in [0.05, 0.1) is 0 Å². The largest absolute Gasteiger partial charge is 0.382 e. The lowest BCUT2D eigenvalue weighted by Gasteiger charge is -2.40. The third kappa shape index (κ3) is 3.83. The fourth-order valence-corrected chi connectivity index (χ4v) is 4.74. The molecule has 1 nitrogen and oxygen atoms in total. The summed E-state index contributed by atoms with van der Waals surface area (Å²) in [6.45, 7) is 2.15. The van der Waals surface area contributed by atoms with Gasteiger partial charge in [-0.3, -0.25) is 0 Å². The molecule has 1 aromatic rings. The molecule has 2 unspecified atom stereocenters. The SMILES string of the molecule is Cc1ccc(NC2CCCCC2C2CCCCC2)cc1Br. The van der Waals surface area contributed by atoms with Gasteiger partial charge in [0.2, 0.25) is 0 Å². The van der Waals surface area contributed by atoms with E-state index in [0.717, 1.165) is 11.8 Å². The monoisotopic (exact) mass is 349 g/mol. The van der Waals surface area contributed by atoms with Gasteiger partial charge in [-0.2, -0.15) is 0 Å². The number of rotatable bonds is 3. The topological polar surface area (TPSA) is 12.0 Å². The average molecular weight is 350 g/mol. The van der Waals surface area contributed by atoms with E-state index in [-0.39, 0.29) is 0 Å². The minimum atomic E-state index is 0.691. The van der Waals surface area contributed by atoms with E-state index < -0.39 is 0 Å². The maximum atomic E-state index is 3.87. The molecule has 0 aromatic heterocycles. The standard InChI is InChI=1S/C19H28BrN/c1-14-11-12-16(13-18(14)20)21-19-10-6-5-9-17(19)15-7-3-2-4-8-15/h11-13,15,17,19,21H,2-10H2,1H3. The molecule has 1 N–H and O–H groups in total. The van der Waals surface area contributed by atoms with Crippen LogP contribution in [0.4, 0.5) is 5.69 Å². The van der Waals surface area contributed by atoms with Crippen LogP contribution in [-0.4, -0.2) is 6.04 Å². The van der Waals surface area contributed by atoms with Gasteiger partial charge in [-0.1, -0.05) is 66.9 Å². The Labute approximate surface area is 138 Å². The Morgan fingerprint density at radius 2 is 1.67 bits per heavy atom. The summed E-state index contributed by atoms with van der Waals surface area (Å²) in [6, 6.07) is 7.40. The van der Waals surface area contributed by atoms with Gasteiger partial charge in [-0.25, -0.2) is 0 Å². The van der Waals surface area contributed by atoms with Crippen LogP contribution in [0.15, 0.2) is 22.7 Å². The first-order chi connectivity index (χ1) is 10.2. The molecule has 0 amide bonds. The first kappa shape index (κ1) is 15.4. The second kappa shape index (κ2) is 7.17. The van der Waals surface area contributed by atoms with E-state index >= 15 is 0 Å². The zero-order valence-electron chi connectivity index (χ0n) is 13.2. The number of benzene rings is 1. The first-order valence-electron chi connectivity index (χ1n) is 8.77. The highest BCUT2D eigenvalue weighted by molar-refractivity contribution is 9.10. The molecule has 1 aromatic carbocycles. The number of hydrogen-bond donors (Lipinski definition) is 1. The van der Waals surface area contributed by atoms with Crippen molar-refractivity contribution in [3.63, 3.8) is 0 Å². The van der Waals surface area contributed by atoms with E-state index in [9.17, 15) is 0 Å². The molecular weight excluding hydrogens is 322 g/mol. The van der Waals surface area contributed by atoms with Crippen LogP contribution in [-0.2, 0) is 0 Å². The highest BCUT2D eigenvalue weighted by Crippen LogP contribution is 2.39. The van der Waals surface area contributed by atoms with Crippen molar-refractivity contribution < 1.29 is 0 Å². The van der Waals surface area contributed by atoms with Crippen molar-refractivity contribution >= 4 is 21.6 Å². The molecule has 0 saturated heterocycles. The van der Waals surface area contributed by atoms with Gasteiger partial charge in [-0.05, 0) is 49.3 Å². The third-order valence-corrected chi connectivity index (χ3v) is 6.45. The number of anilines is 1. The minimum Gasteiger partial charge on any atom is -0.382 e. The van der Waals surface area contributed by atoms with Gasteiger partial charge in [0.15, 0.2) is 0 Å². The predicted octanol–water partition coefficient (Wildman–Crippen LogP) is 6.31. The molecule has 116 valence electrons. The molecule has 0 spiro atoms. The van der Waals surface area contributed by atoms with Crippen LogP contribution in [0.2, 0.25) is 0 Å². The lowest BCUT2D eigenvalue weighted by Crippen LogP contribution is -2.37. The maximum absolute atomic E-state index is 3.87. The normalized spacial score (nSPS) is 27.5. The molecule has 2 atom stereocenters. The molecule has 0 bridgehead atoms. The van der Waals surface area contributed by atoms with Crippen LogP contribution in [0.25, 0.3) is 0 Å². The van der Waals surface area contributed by atoms with E-state index in [4.69, 9.17) is 0 Å². The average Bonchev–Trinajstić information content (AvgIpc) is 2.52. The molecule has 2 aliphatic carbocycles. The Bertz CT molecular complexity index is 465. The van der Waals surface area contributed by atoms with Gasteiger partial charge in [0.1, 0.15) is 0 Å². The number of hydrogen-bond acceptors (Lipinski definition) is 1. The van der Waals surface area contributed by atoms with E-state index in [1.54, 1.807) is 0 Å². The molecule has 0 heterocycles. The van der Waals surface area contributed by atoms with Crippen LogP contribution in [0.5, 0.6) is 0 Å². The second-order valence-corrected chi connectivity index (χ2v) is 7.92. The maximum Gasteiger partial charge on any atom is 0.0353 e. The fourth-order valence-electron chi connectivity index (χ4n) is 4.36. The van der Waals surface area contributed by atoms with Crippen molar-refractivity contribution in [3.05, 3.63) is 28.2 Å². The fraction of sp³-hybridized carbons (Fsp3) is 0.684. The summed E-state index contributed by atoms with van der Waals surface area (Å²) >= 11 is 3.66. The summed E-state index contributed by atoms with van der Waals surface area (Å²) in [7, 11) is 0. The lowest BCUT2D eigenvalue weighted by atomic mass is 9.71. The van der Waals surface area contributed by atoms with Crippen molar-refractivity contribution in [2.75, 3.05) is 5.32 Å². The Balaban J connectivity index is 1.69. The molecular formula is C19H28BrN. The van der Waals surface area contributed by atoms with E-state index in [2.05, 4.69) is 46.4 Å². The molecule has 3 rings (SSSR count). The van der Waals surface area contributed by atoms with Crippen LogP contribution in [0.3, 0.4) is 0 Å². The smallest absolute Gasteiger partial charge is 0.0353 e. The number of halogens is 1. The molecule has 2 aliphatic rings. The molecule has 2 heteroatoms. The summed E-state index contributed by atoms with van der Waals surface area (Å²) in [4.78, 5) is 0. The number of aryl methyl sites for hydroxylation is 1. The highest BCUT2D eigenvalue weighted by Gasteiger charge is 2.32. The van der Waals surface area contributed by atoms with Crippen LogP contribution in [0, 0.1) is 18.8 Å². The van der Waals surface area contributed by atoms with E-state index in [1.165, 1.54) is 73.5 Å². The van der Waals surface area contributed by atoms with Gasteiger partial charge in [0, 0.05) is 16.2 Å². The van der Waals surface area contributed by atoms with Gasteiger partial charge in [0.25, 0.3) is 0 Å². The van der Waals surface area contributed by atoms with E-state index in [0.29, 0.717) is 6.04 Å². The lowest BCUT2D eigenvalue weighted by molar-refractivity contribution is 0.180. The quantitative estimate of drug-likeness (QED) is 0.674. The Kier molecular flexibility index (Phi) is 5.26. The van der Waals surface area contributed by atoms with E-state index in [1.807, 2.05) is 0 Å². The van der Waals surface area contributed by atoms with Crippen molar-refractivity contribution in [1.29, 1.82) is 0 Å². The Morgan fingerprint density at radius 1 is 0.952 bits per heavy atom. The molecule has 0 aliphatic heterocycles. The summed E-state index contributed by atoms with van der Waals surface area (Å²) in [5, 5.41) is 3.87. The van der Waals surface area contributed by atoms with Crippen molar-refractivity contribution in [2.45, 2.75) is 70.8 Å². The first-order valence-corrected chi connectivity index (χ1v) is 9.56. The summed E-state index contributed by atoms with van der Waals surface area (Å²) in [6.07, 6.45) is 13.0. The second-order valence-electron chi connectivity index (χ2n) is 7.06. The van der Waals surface area contributed by atoms with Crippen molar-refractivity contribution in [1.82, 2.24) is 0 Å². The van der Waals surface area contributed by atoms with Crippen LogP contribution in [0.1, 0.15) is 63.4 Å². The molecule has 21 heavy (non-hydrogen) atoms. The zero-order valence-corrected chi connectivity index (χ0v) is 14.8. The molecule has 2 fully saturated rings. The minimum absolute atomic E-state index is 0.691. The highest BCUT2D eigenvalue weighted by atomic mass is 79.9. The zero-order chi connectivity index (χ0) is 14.7. The number of nitrogens with one attached hydrogen (secondary N) is 1. The summed E-state index contributed by atoms with van der Waals surface area (Å²) < 4.78 is 1.22. The summed E-state index contributed by atoms with van der Waals surface area (Å²) in [5.41, 5.74) is 2.60. The third-order valence-electron chi connectivity index (χ3n) is 5.60. The van der Waals surface area contributed by atoms with Crippen LogP contribution >= 0.6 is 15.9 Å². The predicted molar refractivity (Wildman–Crippen MR) is 94.8 cm³/mol. The van der Waals surface area contributed by atoms with Crippen molar-refractivity contribution in [3.8, 4) is 0 Å². The Morgan fingerprint density at radius 3 is 2.43 bits per heavy atom. The van der Waals surface area contributed by atoms with Crippen molar-refractivity contribution in [2.24, 2.45) is 11.8 Å². The molecule has 0 radical (unpaired) electrons. The molecule has 2 saturated carbocycles. The van der Waals surface area contributed by atoms with Gasteiger partial charge < -0.3 is 5.32 Å². The van der Waals surface area contributed by atoms with Crippen LogP contribution < -0.4 is 5.32 Å². The van der Waals surface area contributed by atoms with Gasteiger partial charge in [-0.15, -0.1) is 0 Å². The van der Waals surface area contributed by atoms with Gasteiger partial charge >= 0.3 is 0 Å². The summed E-state index contributed by atoms with van der Waals surface area (Å²) in [5.74, 6) is 1.88. The Hall–Kier alpha value is -0.500.